The molecule has 0 saturated heterocycles. The molecule has 1 aromatic heterocycles. The molecule has 0 bridgehead atoms. The molecule has 0 radical (unpaired) electrons. The number of hydrogen-bond donors (Lipinski definition) is 1. The third kappa shape index (κ3) is 5.60. The van der Waals surface area contributed by atoms with Crippen LogP contribution in [-0.4, -0.2) is 44.9 Å². The zero-order chi connectivity index (χ0) is 23.4. The van der Waals surface area contributed by atoms with Crippen molar-refractivity contribution in [2.75, 3.05) is 22.8 Å². The molecule has 1 aromatic carbocycles. The maximum atomic E-state index is 13.1. The molecule has 0 aliphatic rings. The summed E-state index contributed by atoms with van der Waals surface area (Å²) in [5, 5.41) is 0.342. The number of unbranched alkanes of at least 4 members (excludes halogenated alkanes) is 2. The second-order valence-electron chi connectivity index (χ2n) is 7.57. The lowest BCUT2D eigenvalue weighted by Crippen LogP contribution is -2.19. The third-order valence-corrected chi connectivity index (χ3v) is 8.23. The average Bonchev–Trinajstić information content (AvgIpc) is 2.96. The van der Waals surface area contributed by atoms with Crippen molar-refractivity contribution >= 4 is 42.6 Å². The molecule has 8 nitrogen and oxygen atoms in total. The molecule has 0 aliphatic heterocycles. The minimum atomic E-state index is -3.71. The van der Waals surface area contributed by atoms with Crippen LogP contribution >= 0.6 is 0 Å². The zero-order valence-corrected chi connectivity index (χ0v) is 20.5. The lowest BCUT2D eigenvalue weighted by Gasteiger charge is -2.13. The summed E-state index contributed by atoms with van der Waals surface area (Å²) in [5.41, 5.74) is 1.61. The summed E-state index contributed by atoms with van der Waals surface area (Å²) >= 11 is 0. The Morgan fingerprint density at radius 2 is 1.61 bits per heavy atom. The van der Waals surface area contributed by atoms with E-state index in [2.05, 4.69) is 4.72 Å². The van der Waals surface area contributed by atoms with E-state index in [-0.39, 0.29) is 29.4 Å². The van der Waals surface area contributed by atoms with Crippen LogP contribution in [0.1, 0.15) is 68.1 Å². The molecule has 0 unspecified atom stereocenters. The fourth-order valence-electron chi connectivity index (χ4n) is 3.44. The summed E-state index contributed by atoms with van der Waals surface area (Å²) in [6.45, 7) is 8.88. The van der Waals surface area contributed by atoms with Crippen molar-refractivity contribution in [3.8, 4) is 0 Å². The van der Waals surface area contributed by atoms with Crippen LogP contribution < -0.4 is 4.72 Å². The Kier molecular flexibility index (Phi) is 8.15. The van der Waals surface area contributed by atoms with Gasteiger partial charge in [-0.3, -0.25) is 4.72 Å². The van der Waals surface area contributed by atoms with E-state index < -0.39 is 26.0 Å². The highest BCUT2D eigenvalue weighted by atomic mass is 32.2. The first-order valence-corrected chi connectivity index (χ1v) is 13.8. The average molecular weight is 473 g/mol. The number of nitrogens with zero attached hydrogens (tertiary/aromatic N) is 1. The molecular weight excluding hydrogens is 440 g/mol. The van der Waals surface area contributed by atoms with Gasteiger partial charge < -0.3 is 4.74 Å². The largest absolute Gasteiger partial charge is 0.462 e. The van der Waals surface area contributed by atoms with Crippen LogP contribution in [-0.2, 0) is 24.8 Å². The first kappa shape index (κ1) is 25.2. The molecule has 1 heterocycles. The van der Waals surface area contributed by atoms with Gasteiger partial charge in [-0.1, -0.05) is 26.7 Å². The number of carbonyl (C=O) groups is 1. The number of aromatic nitrogens is 1. The van der Waals surface area contributed by atoms with Crippen molar-refractivity contribution in [2.24, 2.45) is 0 Å². The summed E-state index contributed by atoms with van der Waals surface area (Å²) in [5.74, 6) is -0.712. The number of benzene rings is 1. The van der Waals surface area contributed by atoms with Crippen LogP contribution in [0.2, 0.25) is 0 Å². The number of hydrogen-bond acceptors (Lipinski definition) is 6. The van der Waals surface area contributed by atoms with Gasteiger partial charge in [0.05, 0.1) is 34.9 Å². The van der Waals surface area contributed by atoms with E-state index in [1.807, 2.05) is 13.8 Å². The highest BCUT2D eigenvalue weighted by Gasteiger charge is 2.28. The van der Waals surface area contributed by atoms with Crippen LogP contribution in [0.5, 0.6) is 0 Å². The number of fused-ring (bicyclic) bond motifs is 1. The van der Waals surface area contributed by atoms with Gasteiger partial charge in [0.15, 0.2) is 0 Å². The Hall–Kier alpha value is -2.07. The van der Waals surface area contributed by atoms with Gasteiger partial charge in [-0.15, -0.1) is 0 Å². The molecule has 2 rings (SSSR count). The zero-order valence-electron chi connectivity index (χ0n) is 18.8. The van der Waals surface area contributed by atoms with Gasteiger partial charge in [0, 0.05) is 11.1 Å². The monoisotopic (exact) mass is 472 g/mol. The quantitative estimate of drug-likeness (QED) is 0.496. The van der Waals surface area contributed by atoms with Crippen molar-refractivity contribution in [2.45, 2.75) is 60.3 Å². The predicted octanol–water partition coefficient (Wildman–Crippen LogP) is 3.95. The minimum absolute atomic E-state index is 0.0167. The number of ether oxygens (including phenoxy) is 1. The molecule has 31 heavy (non-hydrogen) atoms. The molecule has 0 amide bonds. The first-order valence-electron chi connectivity index (χ1n) is 10.6. The normalized spacial score (nSPS) is 12.3. The van der Waals surface area contributed by atoms with E-state index >= 15 is 0 Å². The van der Waals surface area contributed by atoms with Gasteiger partial charge in [-0.2, -0.15) is 0 Å². The van der Waals surface area contributed by atoms with Crippen molar-refractivity contribution in [3.63, 3.8) is 0 Å². The van der Waals surface area contributed by atoms with Crippen LogP contribution in [0.4, 0.5) is 5.69 Å². The van der Waals surface area contributed by atoms with Crippen molar-refractivity contribution < 1.29 is 26.4 Å². The summed E-state index contributed by atoms with van der Waals surface area (Å²) in [7, 11) is -7.28. The van der Waals surface area contributed by atoms with Gasteiger partial charge in [0.1, 0.15) is 0 Å². The van der Waals surface area contributed by atoms with Crippen LogP contribution in [0.3, 0.4) is 0 Å². The Bertz CT molecular complexity index is 1160. The molecule has 174 valence electrons. The summed E-state index contributed by atoms with van der Waals surface area (Å²) in [6, 6.07) is 3.13. The van der Waals surface area contributed by atoms with E-state index in [0.29, 0.717) is 41.4 Å². The molecule has 2 aromatic rings. The van der Waals surface area contributed by atoms with Gasteiger partial charge >= 0.3 is 5.97 Å². The van der Waals surface area contributed by atoms with E-state index in [1.54, 1.807) is 26.8 Å². The van der Waals surface area contributed by atoms with Crippen LogP contribution in [0.25, 0.3) is 10.9 Å². The fourth-order valence-corrected chi connectivity index (χ4v) is 6.56. The van der Waals surface area contributed by atoms with E-state index in [0.717, 1.165) is 6.42 Å². The molecule has 0 fully saturated rings. The number of carbonyl (C=O) groups excluding carboxylic acids is 1. The van der Waals surface area contributed by atoms with Gasteiger partial charge in [0.25, 0.3) is 0 Å². The van der Waals surface area contributed by atoms with Crippen molar-refractivity contribution in [3.05, 3.63) is 29.0 Å². The Morgan fingerprint density at radius 3 is 2.19 bits per heavy atom. The minimum Gasteiger partial charge on any atom is -0.462 e. The highest BCUT2D eigenvalue weighted by molar-refractivity contribution is 7.92. The number of nitrogens with one attached hydrogen (secondary N) is 1. The van der Waals surface area contributed by atoms with Gasteiger partial charge in [-0.05, 0) is 51.3 Å². The topological polar surface area (TPSA) is 112 Å². The number of esters is 1. The first-order chi connectivity index (χ1) is 14.5. The van der Waals surface area contributed by atoms with Gasteiger partial charge in [0.2, 0.25) is 20.0 Å². The molecular formula is C21H32N2O6S2. The molecule has 0 saturated carbocycles. The molecule has 0 atom stereocenters. The van der Waals surface area contributed by atoms with Crippen molar-refractivity contribution in [1.82, 2.24) is 3.97 Å². The smallest absolute Gasteiger partial charge is 0.340 e. The molecule has 0 aliphatic carbocycles. The molecule has 1 N–H and O–H groups in total. The van der Waals surface area contributed by atoms with Crippen LogP contribution in [0.15, 0.2) is 12.1 Å². The van der Waals surface area contributed by atoms with Gasteiger partial charge in [-0.25, -0.2) is 25.6 Å². The van der Waals surface area contributed by atoms with E-state index in [4.69, 9.17) is 4.74 Å². The molecule has 10 heteroatoms. The van der Waals surface area contributed by atoms with E-state index in [1.165, 1.54) is 10.0 Å². The number of aryl methyl sites for hydroxylation is 1. The number of rotatable bonds is 11. The lowest BCUT2D eigenvalue weighted by molar-refractivity contribution is 0.0528. The number of sulfonamides is 1. The second-order valence-corrected chi connectivity index (χ2v) is 11.4. The fraction of sp³-hybridized carbons (Fsp3) is 0.571. The summed E-state index contributed by atoms with van der Waals surface area (Å²) in [4.78, 5) is 12.7. The SMILES string of the molecule is CCCCS(=O)(=O)Nc1cc2c(C(=O)OCC)c(C)n(S(=O)(=O)CCCC)c2cc1C. The third-order valence-electron chi connectivity index (χ3n) is 5.04. The Balaban J connectivity index is 2.75. The maximum absolute atomic E-state index is 13.1. The Labute approximate surface area is 185 Å². The van der Waals surface area contributed by atoms with Crippen molar-refractivity contribution in [1.29, 1.82) is 0 Å². The Morgan fingerprint density at radius 1 is 1.00 bits per heavy atom. The maximum Gasteiger partial charge on any atom is 0.340 e. The van der Waals surface area contributed by atoms with Crippen LogP contribution in [0, 0.1) is 13.8 Å². The summed E-state index contributed by atoms with van der Waals surface area (Å²) in [6.07, 6.45) is 2.47. The van der Waals surface area contributed by atoms with E-state index in [9.17, 15) is 21.6 Å². The second kappa shape index (κ2) is 10.0. The predicted molar refractivity (Wildman–Crippen MR) is 124 cm³/mol. The summed E-state index contributed by atoms with van der Waals surface area (Å²) < 4.78 is 59.9. The standard InChI is InChI=1S/C21H32N2O6S2/c1-6-9-11-30(25,26)22-18-14-17-19(13-15(18)4)23(31(27,28)12-10-7-2)16(5)20(17)21(24)29-8-3/h13-14,22H,6-12H2,1-5H3. The number of anilines is 1. The highest BCUT2D eigenvalue weighted by Crippen LogP contribution is 2.33. The lowest BCUT2D eigenvalue weighted by atomic mass is 10.1. The molecule has 0 spiro atoms.